The van der Waals surface area contributed by atoms with Crippen LogP contribution < -0.4 is 5.32 Å². The number of β-amino-alcohol motifs (C(OH)–C–C–N with tert-alkyl or cyclic N) is 1. The fraction of sp³-hybridized carbons (Fsp3) is 0.500. The number of likely N-dealkylation sites (tertiary alicyclic amines) is 1. The van der Waals surface area contributed by atoms with Crippen LogP contribution in [0.4, 0.5) is 5.69 Å². The summed E-state index contributed by atoms with van der Waals surface area (Å²) in [6, 6.07) is 7.98. The molecule has 2 heterocycles. The summed E-state index contributed by atoms with van der Waals surface area (Å²) in [5.41, 5.74) is 1.46. The predicted octanol–water partition coefficient (Wildman–Crippen LogP) is 1.18. The number of benzene rings is 1. The maximum atomic E-state index is 12.4. The number of amides is 1. The van der Waals surface area contributed by atoms with Crippen molar-refractivity contribution < 1.29 is 9.90 Å². The molecular formula is C14H18N2O2. The van der Waals surface area contributed by atoms with E-state index in [0.717, 1.165) is 24.2 Å². The number of anilines is 1. The minimum absolute atomic E-state index is 0.0569. The fourth-order valence-electron chi connectivity index (χ4n) is 2.88. The number of hydrogen-bond donors (Lipinski definition) is 2. The summed E-state index contributed by atoms with van der Waals surface area (Å²) < 4.78 is 0. The van der Waals surface area contributed by atoms with Gasteiger partial charge in [-0.25, -0.2) is 0 Å². The van der Waals surface area contributed by atoms with Gasteiger partial charge in [0.15, 0.2) is 0 Å². The molecule has 0 saturated carbocycles. The first-order valence-corrected chi connectivity index (χ1v) is 6.41. The Morgan fingerprint density at radius 3 is 2.89 bits per heavy atom. The molecule has 3 rings (SSSR count). The maximum absolute atomic E-state index is 12.4. The van der Waals surface area contributed by atoms with Gasteiger partial charge in [0.25, 0.3) is 0 Å². The van der Waals surface area contributed by atoms with Gasteiger partial charge in [0.2, 0.25) is 5.91 Å². The second-order valence-electron chi connectivity index (χ2n) is 5.55. The second kappa shape index (κ2) is 3.99. The summed E-state index contributed by atoms with van der Waals surface area (Å²) in [5, 5.41) is 13.0. The van der Waals surface area contributed by atoms with E-state index in [-0.39, 0.29) is 11.8 Å². The minimum atomic E-state index is -0.692. The summed E-state index contributed by atoms with van der Waals surface area (Å²) in [5.74, 6) is 0.0917. The first-order chi connectivity index (χ1) is 8.57. The van der Waals surface area contributed by atoms with Crippen LogP contribution in [0.15, 0.2) is 24.3 Å². The molecule has 0 spiro atoms. The van der Waals surface area contributed by atoms with Crippen LogP contribution in [0.2, 0.25) is 0 Å². The van der Waals surface area contributed by atoms with Crippen molar-refractivity contribution in [2.45, 2.75) is 24.9 Å². The second-order valence-corrected chi connectivity index (χ2v) is 5.55. The highest BCUT2D eigenvalue weighted by Gasteiger charge is 2.42. The van der Waals surface area contributed by atoms with Gasteiger partial charge < -0.3 is 15.3 Å². The molecule has 1 amide bonds. The molecule has 2 aliphatic rings. The van der Waals surface area contributed by atoms with E-state index in [9.17, 15) is 9.90 Å². The molecule has 1 aromatic carbocycles. The van der Waals surface area contributed by atoms with E-state index in [2.05, 4.69) is 5.32 Å². The van der Waals surface area contributed by atoms with Crippen molar-refractivity contribution in [3.05, 3.63) is 29.8 Å². The molecule has 0 aliphatic carbocycles. The van der Waals surface area contributed by atoms with Crippen LogP contribution >= 0.6 is 0 Å². The van der Waals surface area contributed by atoms with E-state index in [1.807, 2.05) is 24.3 Å². The molecule has 2 aliphatic heterocycles. The van der Waals surface area contributed by atoms with E-state index in [0.29, 0.717) is 13.1 Å². The zero-order valence-electron chi connectivity index (χ0n) is 10.5. The van der Waals surface area contributed by atoms with Gasteiger partial charge in [0.05, 0.1) is 24.6 Å². The number of nitrogens with one attached hydrogen (secondary N) is 1. The van der Waals surface area contributed by atoms with Crippen molar-refractivity contribution in [1.82, 2.24) is 4.90 Å². The number of para-hydroxylation sites is 1. The lowest BCUT2D eigenvalue weighted by Gasteiger charge is -2.46. The van der Waals surface area contributed by atoms with E-state index in [4.69, 9.17) is 0 Å². The number of carbonyl (C=O) groups excluding carboxylic acids is 1. The van der Waals surface area contributed by atoms with Gasteiger partial charge >= 0.3 is 0 Å². The Labute approximate surface area is 107 Å². The molecule has 0 bridgehead atoms. The Balaban J connectivity index is 1.80. The number of aliphatic hydroxyl groups is 1. The van der Waals surface area contributed by atoms with E-state index in [1.165, 1.54) is 0 Å². The number of nitrogens with zero attached hydrogens (tertiary/aromatic N) is 1. The van der Waals surface area contributed by atoms with Crippen LogP contribution in [0.3, 0.4) is 0 Å². The largest absolute Gasteiger partial charge is 0.386 e. The monoisotopic (exact) mass is 246 g/mol. The van der Waals surface area contributed by atoms with Gasteiger partial charge in [-0.1, -0.05) is 18.2 Å². The van der Waals surface area contributed by atoms with Crippen molar-refractivity contribution in [3.8, 4) is 0 Å². The van der Waals surface area contributed by atoms with Crippen LogP contribution in [-0.2, 0) is 4.79 Å². The third kappa shape index (κ3) is 1.86. The number of rotatable bonds is 1. The van der Waals surface area contributed by atoms with E-state index < -0.39 is 5.60 Å². The molecule has 18 heavy (non-hydrogen) atoms. The quantitative estimate of drug-likeness (QED) is 0.782. The Morgan fingerprint density at radius 2 is 2.17 bits per heavy atom. The van der Waals surface area contributed by atoms with Crippen molar-refractivity contribution in [2.75, 3.05) is 25.0 Å². The molecule has 0 radical (unpaired) electrons. The Hall–Kier alpha value is -1.55. The average Bonchev–Trinajstić information content (AvgIpc) is 2.34. The molecule has 4 nitrogen and oxygen atoms in total. The van der Waals surface area contributed by atoms with Gasteiger partial charge in [-0.15, -0.1) is 0 Å². The van der Waals surface area contributed by atoms with Gasteiger partial charge in [-0.05, 0) is 25.0 Å². The van der Waals surface area contributed by atoms with Crippen LogP contribution in [0, 0.1) is 0 Å². The van der Waals surface area contributed by atoms with Crippen molar-refractivity contribution >= 4 is 11.6 Å². The molecular weight excluding hydrogens is 228 g/mol. The molecule has 1 saturated heterocycles. The standard InChI is InChI=1S/C14H18N2O2/c1-14(18)8-16(9-14)13(17)11-6-7-15-12-5-3-2-4-10(11)12/h2-5,11,15,18H,6-9H2,1H3. The summed E-state index contributed by atoms with van der Waals surface area (Å²) in [6.45, 7) is 3.51. The third-order valence-electron chi connectivity index (χ3n) is 3.76. The number of fused-ring (bicyclic) bond motifs is 1. The average molecular weight is 246 g/mol. The van der Waals surface area contributed by atoms with Crippen molar-refractivity contribution in [1.29, 1.82) is 0 Å². The summed E-state index contributed by atoms with van der Waals surface area (Å²) in [7, 11) is 0. The molecule has 96 valence electrons. The summed E-state index contributed by atoms with van der Waals surface area (Å²) in [4.78, 5) is 14.2. The zero-order valence-corrected chi connectivity index (χ0v) is 10.5. The molecule has 2 N–H and O–H groups in total. The lowest BCUT2D eigenvalue weighted by atomic mass is 9.87. The predicted molar refractivity (Wildman–Crippen MR) is 69.5 cm³/mol. The molecule has 4 heteroatoms. The SMILES string of the molecule is CC1(O)CN(C(=O)C2CCNc3ccccc32)C1. The highest BCUT2D eigenvalue weighted by atomic mass is 16.3. The fourth-order valence-corrected chi connectivity index (χ4v) is 2.88. The number of hydrogen-bond acceptors (Lipinski definition) is 3. The third-order valence-corrected chi connectivity index (χ3v) is 3.76. The molecule has 1 fully saturated rings. The van der Waals surface area contributed by atoms with Gasteiger partial charge in [0.1, 0.15) is 0 Å². The van der Waals surface area contributed by atoms with Crippen LogP contribution in [0.5, 0.6) is 0 Å². The maximum Gasteiger partial charge on any atom is 0.230 e. The van der Waals surface area contributed by atoms with Crippen molar-refractivity contribution in [2.24, 2.45) is 0 Å². The van der Waals surface area contributed by atoms with Crippen LogP contribution in [-0.4, -0.2) is 41.1 Å². The van der Waals surface area contributed by atoms with Crippen LogP contribution in [0.1, 0.15) is 24.8 Å². The molecule has 1 aromatic rings. The lowest BCUT2D eigenvalue weighted by molar-refractivity contribution is -0.154. The zero-order chi connectivity index (χ0) is 12.8. The van der Waals surface area contributed by atoms with Crippen LogP contribution in [0.25, 0.3) is 0 Å². The summed E-state index contributed by atoms with van der Waals surface area (Å²) >= 11 is 0. The van der Waals surface area contributed by atoms with E-state index in [1.54, 1.807) is 11.8 Å². The molecule has 1 atom stereocenters. The molecule has 1 unspecified atom stereocenters. The van der Waals surface area contributed by atoms with Gasteiger partial charge in [0, 0.05) is 12.2 Å². The first-order valence-electron chi connectivity index (χ1n) is 6.41. The Kier molecular flexibility index (Phi) is 2.55. The topological polar surface area (TPSA) is 52.6 Å². The summed E-state index contributed by atoms with van der Waals surface area (Å²) in [6.07, 6.45) is 0.828. The normalized spacial score (nSPS) is 24.8. The Morgan fingerprint density at radius 1 is 1.44 bits per heavy atom. The minimum Gasteiger partial charge on any atom is -0.386 e. The molecule has 0 aromatic heterocycles. The van der Waals surface area contributed by atoms with Crippen molar-refractivity contribution in [3.63, 3.8) is 0 Å². The highest BCUT2D eigenvalue weighted by Crippen LogP contribution is 2.34. The number of carbonyl (C=O) groups is 1. The van der Waals surface area contributed by atoms with Gasteiger partial charge in [-0.2, -0.15) is 0 Å². The lowest BCUT2D eigenvalue weighted by Crippen LogP contribution is -2.62. The first kappa shape index (κ1) is 11.5. The smallest absolute Gasteiger partial charge is 0.230 e. The Bertz CT molecular complexity index is 476. The highest BCUT2D eigenvalue weighted by molar-refractivity contribution is 5.87. The van der Waals surface area contributed by atoms with Gasteiger partial charge in [-0.3, -0.25) is 4.79 Å². The van der Waals surface area contributed by atoms with E-state index >= 15 is 0 Å².